The maximum Gasteiger partial charge on any atom is 0.387 e. The van der Waals surface area contributed by atoms with Crippen molar-refractivity contribution in [2.45, 2.75) is 62.9 Å². The van der Waals surface area contributed by atoms with Gasteiger partial charge in [0.25, 0.3) is 0 Å². The number of aliphatic hydroxyl groups excluding tert-OH is 4. The molecule has 222 valence electrons. The van der Waals surface area contributed by atoms with E-state index in [1.807, 2.05) is 49.4 Å². The van der Waals surface area contributed by atoms with Crippen molar-refractivity contribution < 1.29 is 48.6 Å². The Hall–Kier alpha value is -3.45. The van der Waals surface area contributed by atoms with E-state index in [1.54, 1.807) is 18.2 Å². The van der Waals surface area contributed by atoms with Gasteiger partial charge in [-0.15, -0.1) is 0 Å². The molecule has 9 nitrogen and oxygen atoms in total. The summed E-state index contributed by atoms with van der Waals surface area (Å²) in [6.07, 6.45) is -5.21. The molecule has 7 N–H and O–H groups in total. The highest BCUT2D eigenvalue weighted by Crippen LogP contribution is 2.33. The number of aliphatic carboxylic acids is 1. The molecule has 1 fully saturated rings. The fourth-order valence-electron chi connectivity index (χ4n) is 4.40. The van der Waals surface area contributed by atoms with E-state index >= 15 is 0 Å². The van der Waals surface area contributed by atoms with Crippen molar-refractivity contribution in [3.05, 3.63) is 101 Å². The summed E-state index contributed by atoms with van der Waals surface area (Å²) in [4.78, 5) is 10.4. The van der Waals surface area contributed by atoms with Crippen molar-refractivity contribution in [2.75, 3.05) is 6.61 Å². The SMILES string of the molecule is Cc1ccc(C2OC(CO)C(O)C(O)C2O)cc1Cc1ccc(OC(F)F)cc1.N[C@@H](Cc1ccccc1)C(=O)O. The molecule has 6 atom stereocenters. The summed E-state index contributed by atoms with van der Waals surface area (Å²) in [6.45, 7) is -1.45. The molecule has 1 aliphatic rings. The topological polar surface area (TPSA) is 163 Å². The van der Waals surface area contributed by atoms with Gasteiger partial charge >= 0.3 is 12.6 Å². The summed E-state index contributed by atoms with van der Waals surface area (Å²) in [5.41, 5.74) is 9.67. The molecule has 41 heavy (non-hydrogen) atoms. The number of aryl methyl sites for hydroxylation is 1. The molecule has 1 heterocycles. The smallest absolute Gasteiger partial charge is 0.387 e. The maximum atomic E-state index is 12.3. The minimum Gasteiger partial charge on any atom is -0.480 e. The van der Waals surface area contributed by atoms with E-state index < -0.39 is 55.7 Å². The molecule has 0 radical (unpaired) electrons. The van der Waals surface area contributed by atoms with Gasteiger partial charge < -0.3 is 40.7 Å². The number of alkyl halides is 2. The normalized spacial score (nSPS) is 22.9. The molecular weight excluding hydrogens is 540 g/mol. The van der Waals surface area contributed by atoms with Gasteiger partial charge in [0.1, 0.15) is 42.3 Å². The number of carboxylic acids is 1. The van der Waals surface area contributed by atoms with Crippen molar-refractivity contribution in [3.63, 3.8) is 0 Å². The van der Waals surface area contributed by atoms with Gasteiger partial charge in [0.15, 0.2) is 0 Å². The molecule has 0 aromatic heterocycles. The van der Waals surface area contributed by atoms with Crippen LogP contribution in [0.15, 0.2) is 72.8 Å². The zero-order valence-electron chi connectivity index (χ0n) is 22.4. The second-order valence-corrected chi connectivity index (χ2v) is 9.77. The van der Waals surface area contributed by atoms with Crippen LogP contribution in [0.3, 0.4) is 0 Å². The minimum atomic E-state index is -2.88. The Morgan fingerprint density at radius 3 is 2.20 bits per heavy atom. The monoisotopic (exact) mass is 575 g/mol. The van der Waals surface area contributed by atoms with Crippen molar-refractivity contribution in [2.24, 2.45) is 5.73 Å². The molecule has 0 aliphatic carbocycles. The lowest BCUT2D eigenvalue weighted by molar-refractivity contribution is -0.231. The number of ether oxygens (including phenoxy) is 2. The van der Waals surface area contributed by atoms with Crippen LogP contribution in [0.25, 0.3) is 0 Å². The lowest BCUT2D eigenvalue weighted by atomic mass is 9.89. The van der Waals surface area contributed by atoms with E-state index in [0.717, 1.165) is 22.3 Å². The summed E-state index contributed by atoms with van der Waals surface area (Å²) in [7, 11) is 0. The molecule has 0 spiro atoms. The second-order valence-electron chi connectivity index (χ2n) is 9.77. The van der Waals surface area contributed by atoms with Crippen LogP contribution < -0.4 is 10.5 Å². The maximum absolute atomic E-state index is 12.3. The highest BCUT2D eigenvalue weighted by Gasteiger charge is 2.44. The van der Waals surface area contributed by atoms with Crippen molar-refractivity contribution >= 4 is 5.97 Å². The first-order valence-corrected chi connectivity index (χ1v) is 13.0. The van der Waals surface area contributed by atoms with E-state index in [0.29, 0.717) is 18.4 Å². The van der Waals surface area contributed by atoms with E-state index in [1.165, 1.54) is 12.1 Å². The Kier molecular flexibility index (Phi) is 11.7. The number of aliphatic hydroxyl groups is 4. The Morgan fingerprint density at radius 1 is 0.951 bits per heavy atom. The van der Waals surface area contributed by atoms with Crippen molar-refractivity contribution in [1.29, 1.82) is 0 Å². The molecule has 3 aromatic carbocycles. The second kappa shape index (κ2) is 15.0. The van der Waals surface area contributed by atoms with Crippen LogP contribution in [0, 0.1) is 6.92 Å². The number of carboxylic acid groups (broad SMARTS) is 1. The zero-order valence-corrected chi connectivity index (χ0v) is 22.4. The number of benzene rings is 3. The van der Waals surface area contributed by atoms with Crippen LogP contribution in [0.5, 0.6) is 5.75 Å². The number of halogens is 2. The van der Waals surface area contributed by atoms with Crippen LogP contribution in [0.1, 0.15) is 33.9 Å². The third-order valence-corrected chi connectivity index (χ3v) is 6.75. The summed E-state index contributed by atoms with van der Waals surface area (Å²) in [5.74, 6) is -0.880. The fourth-order valence-corrected chi connectivity index (χ4v) is 4.40. The Bertz CT molecular complexity index is 1240. The molecule has 11 heteroatoms. The lowest BCUT2D eigenvalue weighted by Crippen LogP contribution is -2.55. The van der Waals surface area contributed by atoms with Gasteiger partial charge in [-0.05, 0) is 59.7 Å². The summed E-state index contributed by atoms with van der Waals surface area (Å²) >= 11 is 0. The molecule has 4 rings (SSSR count). The zero-order chi connectivity index (χ0) is 30.1. The number of hydrogen-bond donors (Lipinski definition) is 6. The predicted molar refractivity (Wildman–Crippen MR) is 146 cm³/mol. The Balaban J connectivity index is 0.000000322. The third-order valence-electron chi connectivity index (χ3n) is 6.75. The van der Waals surface area contributed by atoms with Gasteiger partial charge in [0.05, 0.1) is 6.61 Å². The minimum absolute atomic E-state index is 0.0792. The van der Waals surface area contributed by atoms with E-state index in [-0.39, 0.29) is 5.75 Å². The van der Waals surface area contributed by atoms with Gasteiger partial charge in [-0.3, -0.25) is 4.79 Å². The van der Waals surface area contributed by atoms with Crippen LogP contribution in [0.4, 0.5) is 8.78 Å². The third kappa shape index (κ3) is 9.02. The Labute approximate surface area is 236 Å². The highest BCUT2D eigenvalue weighted by atomic mass is 19.3. The number of nitrogens with two attached hydrogens (primary N) is 1. The number of hydrogen-bond acceptors (Lipinski definition) is 8. The van der Waals surface area contributed by atoms with Gasteiger partial charge in [-0.1, -0.05) is 60.7 Å². The van der Waals surface area contributed by atoms with E-state index in [9.17, 15) is 34.0 Å². The molecule has 0 saturated carbocycles. The molecule has 0 amide bonds. The standard InChI is InChI=1S/C21H24F2O6.C9H11NO2/c1-11-2-5-13(20-19(27)18(26)17(25)16(10-24)29-20)9-14(11)8-12-3-6-15(7-4-12)28-21(22)23;10-8(9(11)12)6-7-4-2-1-3-5-7/h2-7,9,16-21,24-27H,8,10H2,1H3;1-5,8H,6,10H2,(H,11,12)/t;8-/m.0/s1. The Morgan fingerprint density at radius 2 is 1.61 bits per heavy atom. The molecule has 1 aliphatic heterocycles. The number of carbonyl (C=O) groups is 1. The van der Waals surface area contributed by atoms with Gasteiger partial charge in [-0.2, -0.15) is 8.78 Å². The average Bonchev–Trinajstić information content (AvgIpc) is 2.95. The first kappa shape index (κ1) is 32.1. The van der Waals surface area contributed by atoms with Gasteiger partial charge in [0, 0.05) is 0 Å². The van der Waals surface area contributed by atoms with Gasteiger partial charge in [0.2, 0.25) is 0 Å². The van der Waals surface area contributed by atoms with Crippen LogP contribution in [-0.2, 0) is 22.4 Å². The van der Waals surface area contributed by atoms with Crippen molar-refractivity contribution in [3.8, 4) is 5.75 Å². The van der Waals surface area contributed by atoms with E-state index in [4.69, 9.17) is 15.6 Å². The summed E-state index contributed by atoms with van der Waals surface area (Å²) in [6, 6.07) is 20.3. The highest BCUT2D eigenvalue weighted by molar-refractivity contribution is 5.73. The van der Waals surface area contributed by atoms with Crippen molar-refractivity contribution in [1.82, 2.24) is 0 Å². The molecule has 1 saturated heterocycles. The van der Waals surface area contributed by atoms with E-state index in [2.05, 4.69) is 4.74 Å². The molecule has 0 bridgehead atoms. The molecule has 3 aromatic rings. The quantitative estimate of drug-likeness (QED) is 0.225. The van der Waals surface area contributed by atoms with Crippen LogP contribution in [0.2, 0.25) is 0 Å². The molecular formula is C30H35F2NO8. The molecule has 5 unspecified atom stereocenters. The fraction of sp³-hybridized carbons (Fsp3) is 0.367. The predicted octanol–water partition coefficient (Wildman–Crippen LogP) is 2.34. The van der Waals surface area contributed by atoms with Gasteiger partial charge in [-0.25, -0.2) is 0 Å². The van der Waals surface area contributed by atoms with Crippen LogP contribution >= 0.6 is 0 Å². The number of rotatable bonds is 9. The first-order valence-electron chi connectivity index (χ1n) is 13.0. The lowest BCUT2D eigenvalue weighted by Gasteiger charge is -2.40. The largest absolute Gasteiger partial charge is 0.480 e. The summed E-state index contributed by atoms with van der Waals surface area (Å²) in [5, 5.41) is 48.2. The first-order chi connectivity index (χ1) is 19.5. The summed E-state index contributed by atoms with van der Waals surface area (Å²) < 4.78 is 34.5. The average molecular weight is 576 g/mol. The van der Waals surface area contributed by atoms with Crippen LogP contribution in [-0.4, -0.2) is 75.2 Å².